The summed E-state index contributed by atoms with van der Waals surface area (Å²) in [5.74, 6) is 0. The van der Waals surface area contributed by atoms with E-state index in [0.717, 1.165) is 10.1 Å². The molecule has 1 aliphatic heterocycles. The standard InChI is InChI=1S/C7H9IN2O/c1-4-2-6-5(3-11-4)7(8)10-9-6/h4H,2-3H2,1H3,(H,9,10). The fourth-order valence-corrected chi connectivity index (χ4v) is 1.87. The highest BCUT2D eigenvalue weighted by Crippen LogP contribution is 2.22. The van der Waals surface area contributed by atoms with Crippen molar-refractivity contribution in [3.05, 3.63) is 15.0 Å². The predicted octanol–water partition coefficient (Wildman–Crippen LogP) is 1.48. The summed E-state index contributed by atoms with van der Waals surface area (Å²) in [4.78, 5) is 0. The maximum atomic E-state index is 5.48. The third-order valence-corrected chi connectivity index (χ3v) is 2.80. The van der Waals surface area contributed by atoms with Crippen molar-refractivity contribution in [2.24, 2.45) is 0 Å². The molecule has 1 aromatic rings. The summed E-state index contributed by atoms with van der Waals surface area (Å²) in [6.07, 6.45) is 1.30. The molecule has 1 N–H and O–H groups in total. The molecule has 0 fully saturated rings. The van der Waals surface area contributed by atoms with Crippen LogP contribution in [-0.2, 0) is 17.8 Å². The second-order valence-electron chi connectivity index (χ2n) is 2.80. The fourth-order valence-electron chi connectivity index (χ4n) is 1.26. The zero-order valence-electron chi connectivity index (χ0n) is 6.22. The van der Waals surface area contributed by atoms with Gasteiger partial charge in [-0.05, 0) is 29.5 Å². The third-order valence-electron chi connectivity index (χ3n) is 1.91. The number of aromatic amines is 1. The Morgan fingerprint density at radius 3 is 3.36 bits per heavy atom. The average Bonchev–Trinajstić information content (AvgIpc) is 2.32. The highest BCUT2D eigenvalue weighted by molar-refractivity contribution is 14.1. The lowest BCUT2D eigenvalue weighted by Gasteiger charge is -2.18. The average molecular weight is 264 g/mol. The Bertz CT molecular complexity index is 271. The zero-order valence-corrected chi connectivity index (χ0v) is 8.38. The minimum Gasteiger partial charge on any atom is -0.373 e. The molecule has 2 heterocycles. The molecule has 1 unspecified atom stereocenters. The van der Waals surface area contributed by atoms with Crippen LogP contribution in [0, 0.1) is 3.70 Å². The van der Waals surface area contributed by atoms with Crippen molar-refractivity contribution in [3.63, 3.8) is 0 Å². The number of fused-ring (bicyclic) bond motifs is 1. The Hall–Kier alpha value is -0.100. The van der Waals surface area contributed by atoms with Crippen LogP contribution in [0.25, 0.3) is 0 Å². The quantitative estimate of drug-likeness (QED) is 0.721. The van der Waals surface area contributed by atoms with E-state index in [2.05, 4.69) is 39.7 Å². The predicted molar refractivity (Wildman–Crippen MR) is 49.3 cm³/mol. The minimum absolute atomic E-state index is 0.332. The third kappa shape index (κ3) is 1.29. The van der Waals surface area contributed by atoms with Gasteiger partial charge < -0.3 is 4.74 Å². The van der Waals surface area contributed by atoms with Crippen molar-refractivity contribution in [1.29, 1.82) is 0 Å². The van der Waals surface area contributed by atoms with Crippen LogP contribution in [0.4, 0.5) is 0 Å². The number of halogens is 1. The molecule has 0 saturated heterocycles. The van der Waals surface area contributed by atoms with E-state index >= 15 is 0 Å². The molecular weight excluding hydrogens is 255 g/mol. The van der Waals surface area contributed by atoms with Gasteiger partial charge in [0.25, 0.3) is 0 Å². The first-order valence-corrected chi connectivity index (χ1v) is 4.68. The molecule has 11 heavy (non-hydrogen) atoms. The Morgan fingerprint density at radius 1 is 1.73 bits per heavy atom. The first-order chi connectivity index (χ1) is 5.27. The van der Waals surface area contributed by atoms with Crippen molar-refractivity contribution in [2.75, 3.05) is 0 Å². The van der Waals surface area contributed by atoms with Gasteiger partial charge in [0, 0.05) is 17.7 Å². The highest BCUT2D eigenvalue weighted by atomic mass is 127. The highest BCUT2D eigenvalue weighted by Gasteiger charge is 2.19. The van der Waals surface area contributed by atoms with Crippen molar-refractivity contribution < 1.29 is 4.74 Å². The second-order valence-corrected chi connectivity index (χ2v) is 3.82. The summed E-state index contributed by atoms with van der Waals surface area (Å²) in [7, 11) is 0. The number of aromatic nitrogens is 2. The molecule has 0 spiro atoms. The molecule has 0 aromatic carbocycles. The number of rotatable bonds is 0. The van der Waals surface area contributed by atoms with Gasteiger partial charge in [-0.15, -0.1) is 0 Å². The monoisotopic (exact) mass is 264 g/mol. The maximum Gasteiger partial charge on any atom is 0.128 e. The summed E-state index contributed by atoms with van der Waals surface area (Å²) in [6.45, 7) is 2.79. The number of ether oxygens (including phenoxy) is 1. The molecule has 1 aliphatic rings. The van der Waals surface area contributed by atoms with Crippen LogP contribution in [0.2, 0.25) is 0 Å². The number of hydrogen-bond acceptors (Lipinski definition) is 2. The maximum absolute atomic E-state index is 5.48. The molecular formula is C7H9IN2O. The van der Waals surface area contributed by atoms with Crippen molar-refractivity contribution in [1.82, 2.24) is 10.2 Å². The lowest BCUT2D eigenvalue weighted by atomic mass is 10.1. The van der Waals surface area contributed by atoms with Gasteiger partial charge >= 0.3 is 0 Å². The van der Waals surface area contributed by atoms with Crippen LogP contribution in [0.5, 0.6) is 0 Å². The topological polar surface area (TPSA) is 37.9 Å². The Morgan fingerprint density at radius 2 is 2.55 bits per heavy atom. The molecule has 1 atom stereocenters. The van der Waals surface area contributed by atoms with Gasteiger partial charge in [-0.3, -0.25) is 5.10 Å². The smallest absolute Gasteiger partial charge is 0.128 e. The van der Waals surface area contributed by atoms with Gasteiger partial charge in [-0.2, -0.15) is 5.10 Å². The minimum atomic E-state index is 0.332. The first kappa shape index (κ1) is 7.54. The summed E-state index contributed by atoms with van der Waals surface area (Å²) >= 11 is 2.22. The van der Waals surface area contributed by atoms with E-state index in [1.807, 2.05) is 0 Å². The summed E-state index contributed by atoms with van der Waals surface area (Å²) in [5.41, 5.74) is 2.48. The van der Waals surface area contributed by atoms with Gasteiger partial charge in [-0.25, -0.2) is 0 Å². The summed E-state index contributed by atoms with van der Waals surface area (Å²) in [6, 6.07) is 0. The molecule has 3 nitrogen and oxygen atoms in total. The van der Waals surface area contributed by atoms with E-state index in [-0.39, 0.29) is 0 Å². The van der Waals surface area contributed by atoms with Crippen LogP contribution in [-0.4, -0.2) is 16.3 Å². The Labute approximate surface area is 78.7 Å². The zero-order chi connectivity index (χ0) is 7.84. The van der Waals surface area contributed by atoms with E-state index in [0.29, 0.717) is 12.7 Å². The van der Waals surface area contributed by atoms with E-state index in [4.69, 9.17) is 4.74 Å². The van der Waals surface area contributed by atoms with E-state index in [1.54, 1.807) is 0 Å². The van der Waals surface area contributed by atoms with Gasteiger partial charge in [0.15, 0.2) is 0 Å². The molecule has 0 amide bonds. The van der Waals surface area contributed by atoms with E-state index < -0.39 is 0 Å². The fraction of sp³-hybridized carbons (Fsp3) is 0.571. The Balaban J connectivity index is 2.36. The van der Waals surface area contributed by atoms with Crippen LogP contribution >= 0.6 is 22.6 Å². The molecule has 0 radical (unpaired) electrons. The number of hydrogen-bond donors (Lipinski definition) is 1. The summed E-state index contributed by atoms with van der Waals surface area (Å²) < 4.78 is 6.52. The molecule has 0 aliphatic carbocycles. The van der Waals surface area contributed by atoms with Crippen molar-refractivity contribution >= 4 is 22.6 Å². The lowest BCUT2D eigenvalue weighted by molar-refractivity contribution is 0.0400. The largest absolute Gasteiger partial charge is 0.373 e. The Kier molecular flexibility index (Phi) is 1.88. The number of nitrogens with zero attached hydrogens (tertiary/aromatic N) is 1. The molecule has 1 aromatic heterocycles. The van der Waals surface area contributed by atoms with Gasteiger partial charge in [0.2, 0.25) is 0 Å². The second kappa shape index (κ2) is 2.75. The number of nitrogens with one attached hydrogen (secondary N) is 1. The lowest BCUT2D eigenvalue weighted by Crippen LogP contribution is -2.18. The van der Waals surface area contributed by atoms with Gasteiger partial charge in [0.05, 0.1) is 12.7 Å². The van der Waals surface area contributed by atoms with Crippen LogP contribution in [0.3, 0.4) is 0 Å². The van der Waals surface area contributed by atoms with E-state index in [9.17, 15) is 0 Å². The van der Waals surface area contributed by atoms with Crippen LogP contribution in [0.1, 0.15) is 18.2 Å². The SMILES string of the molecule is CC1Cc2[nH]nc(I)c2CO1. The molecule has 60 valence electrons. The molecule has 0 saturated carbocycles. The van der Waals surface area contributed by atoms with Gasteiger partial charge in [0.1, 0.15) is 3.70 Å². The van der Waals surface area contributed by atoms with Crippen molar-refractivity contribution in [2.45, 2.75) is 26.1 Å². The first-order valence-electron chi connectivity index (χ1n) is 3.60. The molecule has 4 heteroatoms. The summed E-state index contributed by atoms with van der Waals surface area (Å²) in [5, 5.41) is 7.13. The van der Waals surface area contributed by atoms with Crippen LogP contribution in [0.15, 0.2) is 0 Å². The molecule has 0 bridgehead atoms. The normalized spacial score (nSPS) is 23.3. The number of H-pyrrole nitrogens is 1. The molecule has 2 rings (SSSR count). The van der Waals surface area contributed by atoms with Gasteiger partial charge in [-0.1, -0.05) is 0 Å². The van der Waals surface area contributed by atoms with Crippen LogP contribution < -0.4 is 0 Å². The van der Waals surface area contributed by atoms with E-state index in [1.165, 1.54) is 11.3 Å². The van der Waals surface area contributed by atoms with Crippen molar-refractivity contribution in [3.8, 4) is 0 Å².